The zero-order valence-corrected chi connectivity index (χ0v) is 7.92. The van der Waals surface area contributed by atoms with E-state index in [9.17, 15) is 9.59 Å². The Hall–Kier alpha value is -1.88. The molecular weight excluding hydrogens is 198 g/mol. The van der Waals surface area contributed by atoms with Gasteiger partial charge in [0, 0.05) is 5.56 Å². The van der Waals surface area contributed by atoms with Gasteiger partial charge in [-0.2, -0.15) is 0 Å². The largest absolute Gasteiger partial charge is 0.441 e. The van der Waals surface area contributed by atoms with Crippen LogP contribution in [0.1, 0.15) is 10.4 Å². The van der Waals surface area contributed by atoms with Gasteiger partial charge >= 0.3 is 0 Å². The molecule has 0 aliphatic rings. The van der Waals surface area contributed by atoms with Gasteiger partial charge in [0.15, 0.2) is 6.23 Å². The number of carbonyl (C=O) groups is 2. The van der Waals surface area contributed by atoms with Crippen LogP contribution in [-0.2, 0) is 9.53 Å². The maximum absolute atomic E-state index is 11.5. The summed E-state index contributed by atoms with van der Waals surface area (Å²) in [5, 5.41) is 11.1. The molecule has 0 aromatic heterocycles. The topological polar surface area (TPSA) is 75.6 Å². The highest BCUT2D eigenvalue weighted by Gasteiger charge is 2.12. The van der Waals surface area contributed by atoms with E-state index in [0.29, 0.717) is 5.56 Å². The number of amides is 1. The molecule has 0 radical (unpaired) electrons. The van der Waals surface area contributed by atoms with Gasteiger partial charge in [-0.1, -0.05) is 18.2 Å². The van der Waals surface area contributed by atoms with Gasteiger partial charge in [-0.25, -0.2) is 0 Å². The molecule has 15 heavy (non-hydrogen) atoms. The Morgan fingerprint density at radius 2 is 2.13 bits per heavy atom. The summed E-state index contributed by atoms with van der Waals surface area (Å²) in [6.07, 6.45) is -1.00. The lowest BCUT2D eigenvalue weighted by atomic mass is 10.2. The number of aliphatic hydroxyl groups is 1. The third kappa shape index (κ3) is 3.40. The summed E-state index contributed by atoms with van der Waals surface area (Å²) < 4.78 is 4.42. The van der Waals surface area contributed by atoms with E-state index in [1.54, 1.807) is 30.3 Å². The molecule has 5 heteroatoms. The van der Waals surface area contributed by atoms with Crippen molar-refractivity contribution in [2.24, 2.45) is 0 Å². The summed E-state index contributed by atoms with van der Waals surface area (Å²) in [7, 11) is 0. The molecule has 1 aromatic rings. The van der Waals surface area contributed by atoms with Crippen LogP contribution in [0, 0.1) is 0 Å². The normalized spacial score (nSPS) is 11.5. The van der Waals surface area contributed by atoms with E-state index in [1.807, 2.05) is 0 Å². The van der Waals surface area contributed by atoms with Gasteiger partial charge in [-0.15, -0.1) is 0 Å². The Balaban J connectivity index is 2.58. The van der Waals surface area contributed by atoms with Crippen molar-refractivity contribution in [2.75, 3.05) is 6.61 Å². The van der Waals surface area contributed by atoms with E-state index in [1.165, 1.54) is 0 Å². The summed E-state index contributed by atoms with van der Waals surface area (Å²) >= 11 is 0. The van der Waals surface area contributed by atoms with Gasteiger partial charge in [0.25, 0.3) is 12.4 Å². The Labute approximate surface area is 86.7 Å². The molecule has 0 saturated carbocycles. The number of nitrogens with one attached hydrogen (secondary N) is 1. The van der Waals surface area contributed by atoms with Crippen molar-refractivity contribution in [3.8, 4) is 0 Å². The molecule has 80 valence electrons. The SMILES string of the molecule is O=CO[C@@H](CO)NC(=O)c1ccccc1. The van der Waals surface area contributed by atoms with Crippen molar-refractivity contribution in [1.29, 1.82) is 0 Å². The van der Waals surface area contributed by atoms with Crippen LogP contribution >= 0.6 is 0 Å². The Morgan fingerprint density at radius 3 is 2.67 bits per heavy atom. The van der Waals surface area contributed by atoms with Crippen molar-refractivity contribution in [3.63, 3.8) is 0 Å². The molecule has 1 rings (SSSR count). The van der Waals surface area contributed by atoms with Crippen LogP contribution in [-0.4, -0.2) is 30.3 Å². The predicted molar refractivity (Wildman–Crippen MR) is 51.9 cm³/mol. The van der Waals surface area contributed by atoms with Crippen molar-refractivity contribution in [2.45, 2.75) is 6.23 Å². The van der Waals surface area contributed by atoms with E-state index in [0.717, 1.165) is 0 Å². The minimum Gasteiger partial charge on any atom is -0.441 e. The molecule has 1 amide bonds. The van der Waals surface area contributed by atoms with Crippen LogP contribution in [0.2, 0.25) is 0 Å². The van der Waals surface area contributed by atoms with Crippen LogP contribution in [0.25, 0.3) is 0 Å². The minimum atomic E-state index is -1.00. The lowest BCUT2D eigenvalue weighted by molar-refractivity contribution is -0.136. The maximum atomic E-state index is 11.5. The molecule has 5 nitrogen and oxygen atoms in total. The number of carbonyl (C=O) groups excluding carboxylic acids is 2. The molecule has 0 saturated heterocycles. The number of aliphatic hydroxyl groups excluding tert-OH is 1. The van der Waals surface area contributed by atoms with E-state index in [-0.39, 0.29) is 6.47 Å². The minimum absolute atomic E-state index is 0.173. The molecule has 0 fully saturated rings. The highest BCUT2D eigenvalue weighted by atomic mass is 16.5. The van der Waals surface area contributed by atoms with Crippen molar-refractivity contribution >= 4 is 12.4 Å². The smallest absolute Gasteiger partial charge is 0.295 e. The molecule has 0 aliphatic heterocycles. The highest BCUT2D eigenvalue weighted by molar-refractivity contribution is 5.94. The average Bonchev–Trinajstić information content (AvgIpc) is 2.29. The van der Waals surface area contributed by atoms with E-state index in [2.05, 4.69) is 10.1 Å². The fourth-order valence-electron chi connectivity index (χ4n) is 1.01. The van der Waals surface area contributed by atoms with Crippen molar-refractivity contribution in [1.82, 2.24) is 5.32 Å². The summed E-state index contributed by atoms with van der Waals surface area (Å²) in [4.78, 5) is 21.5. The van der Waals surface area contributed by atoms with Crippen molar-refractivity contribution < 1.29 is 19.4 Å². The first kappa shape index (κ1) is 11.2. The van der Waals surface area contributed by atoms with Crippen LogP contribution in [0.3, 0.4) is 0 Å². The average molecular weight is 209 g/mol. The van der Waals surface area contributed by atoms with Crippen molar-refractivity contribution in [3.05, 3.63) is 35.9 Å². The standard InChI is InChI=1S/C10H11NO4/c12-6-9(15-7-13)11-10(14)8-4-2-1-3-5-8/h1-5,7,9,12H,6H2,(H,11,14)/t9-/m0/s1. The van der Waals surface area contributed by atoms with E-state index >= 15 is 0 Å². The summed E-state index contributed by atoms with van der Waals surface area (Å²) in [5.74, 6) is -0.406. The number of hydrogen-bond donors (Lipinski definition) is 2. The number of ether oxygens (including phenoxy) is 1. The fourth-order valence-corrected chi connectivity index (χ4v) is 1.01. The van der Waals surface area contributed by atoms with Crippen LogP contribution in [0.5, 0.6) is 0 Å². The molecule has 0 unspecified atom stereocenters. The first-order valence-electron chi connectivity index (χ1n) is 4.34. The number of benzene rings is 1. The van der Waals surface area contributed by atoms with E-state index in [4.69, 9.17) is 5.11 Å². The molecule has 1 atom stereocenters. The lowest BCUT2D eigenvalue weighted by Crippen LogP contribution is -2.39. The Kier molecular flexibility index (Phi) is 4.30. The monoisotopic (exact) mass is 209 g/mol. The molecule has 1 aromatic carbocycles. The molecular formula is C10H11NO4. The zero-order chi connectivity index (χ0) is 11.1. The van der Waals surface area contributed by atoms with Crippen LogP contribution < -0.4 is 5.32 Å². The maximum Gasteiger partial charge on any atom is 0.295 e. The lowest BCUT2D eigenvalue weighted by Gasteiger charge is -2.13. The predicted octanol–water partition coefficient (Wildman–Crippen LogP) is -0.0922. The molecule has 0 aliphatic carbocycles. The van der Waals surface area contributed by atoms with Crippen LogP contribution in [0.15, 0.2) is 30.3 Å². The fraction of sp³-hybridized carbons (Fsp3) is 0.200. The van der Waals surface area contributed by atoms with Gasteiger partial charge < -0.3 is 15.2 Å². The number of hydrogen-bond acceptors (Lipinski definition) is 4. The second kappa shape index (κ2) is 5.77. The highest BCUT2D eigenvalue weighted by Crippen LogP contribution is 1.98. The Bertz CT molecular complexity index is 325. The number of rotatable bonds is 5. The molecule has 0 heterocycles. The third-order valence-electron chi connectivity index (χ3n) is 1.71. The quantitative estimate of drug-likeness (QED) is 0.525. The first-order valence-corrected chi connectivity index (χ1v) is 4.34. The second-order valence-electron chi connectivity index (χ2n) is 2.74. The summed E-state index contributed by atoms with van der Waals surface area (Å²) in [6.45, 7) is -0.288. The van der Waals surface area contributed by atoms with Gasteiger partial charge in [0.05, 0.1) is 6.61 Å². The third-order valence-corrected chi connectivity index (χ3v) is 1.71. The van der Waals surface area contributed by atoms with Gasteiger partial charge in [0.1, 0.15) is 0 Å². The molecule has 0 bridgehead atoms. The van der Waals surface area contributed by atoms with Gasteiger partial charge in [0.2, 0.25) is 0 Å². The first-order chi connectivity index (χ1) is 7.27. The van der Waals surface area contributed by atoms with Crippen LogP contribution in [0.4, 0.5) is 0 Å². The van der Waals surface area contributed by atoms with Gasteiger partial charge in [-0.05, 0) is 12.1 Å². The second-order valence-corrected chi connectivity index (χ2v) is 2.74. The summed E-state index contributed by atoms with van der Waals surface area (Å²) in [5.41, 5.74) is 0.436. The Morgan fingerprint density at radius 1 is 1.47 bits per heavy atom. The zero-order valence-electron chi connectivity index (χ0n) is 7.92. The van der Waals surface area contributed by atoms with E-state index < -0.39 is 18.7 Å². The summed E-state index contributed by atoms with van der Waals surface area (Å²) in [6, 6.07) is 8.43. The van der Waals surface area contributed by atoms with Gasteiger partial charge in [-0.3, -0.25) is 9.59 Å². The molecule has 0 spiro atoms. The molecule has 2 N–H and O–H groups in total.